The maximum Gasteiger partial charge on any atom is 0.101 e. The summed E-state index contributed by atoms with van der Waals surface area (Å²) in [5.41, 5.74) is 2.60. The number of hydrogen-bond donors (Lipinski definition) is 0. The second kappa shape index (κ2) is 9.65. The molecule has 1 aromatic carbocycles. The lowest BCUT2D eigenvalue weighted by Gasteiger charge is -2.34. The van der Waals surface area contributed by atoms with Crippen molar-refractivity contribution in [3.05, 3.63) is 52.0 Å². The Morgan fingerprint density at radius 1 is 1.21 bits per heavy atom. The average Bonchev–Trinajstić information content (AvgIpc) is 2.99. The van der Waals surface area contributed by atoms with E-state index >= 15 is 0 Å². The van der Waals surface area contributed by atoms with E-state index in [1.165, 1.54) is 50.8 Å². The summed E-state index contributed by atoms with van der Waals surface area (Å²) in [6.07, 6.45) is 12.0. The zero-order chi connectivity index (χ0) is 17.4. The first-order valence-corrected chi connectivity index (χ1v) is 9.94. The van der Waals surface area contributed by atoms with Crippen LogP contribution in [-0.2, 0) is 0 Å². The third kappa shape index (κ3) is 5.65. The number of rotatable bonds is 9. The third-order valence-corrected chi connectivity index (χ3v) is 5.56. The first kappa shape index (κ1) is 19.6. The van der Waals surface area contributed by atoms with Crippen LogP contribution in [0.5, 0.6) is 0 Å². The standard InChI is InChI=1S/C21H30Cl2N/c1-3-5-6-9-18(15-19-10-11-20(22)16-21(19)23)17-24(12-4-2)13-7-8-14-24/h4,10-11,15-16H,2-3,5-9,12-14,17H2,1H3/q+1. The number of halogens is 2. The molecule has 0 N–H and O–H groups in total. The van der Waals surface area contributed by atoms with Gasteiger partial charge in [0.2, 0.25) is 0 Å². The Hall–Kier alpha value is -0.760. The van der Waals surface area contributed by atoms with Gasteiger partial charge in [-0.2, -0.15) is 0 Å². The lowest BCUT2D eigenvalue weighted by Crippen LogP contribution is -2.46. The van der Waals surface area contributed by atoms with Gasteiger partial charge in [0.1, 0.15) is 6.54 Å². The lowest BCUT2D eigenvalue weighted by atomic mass is 10.0. The molecule has 0 aliphatic carbocycles. The van der Waals surface area contributed by atoms with Crippen molar-refractivity contribution < 1.29 is 4.48 Å². The predicted octanol–water partition coefficient (Wildman–Crippen LogP) is 6.75. The highest BCUT2D eigenvalue weighted by Crippen LogP contribution is 2.28. The van der Waals surface area contributed by atoms with Crippen molar-refractivity contribution in [2.75, 3.05) is 26.2 Å². The number of unbranched alkanes of at least 4 members (excludes halogenated alkanes) is 2. The van der Waals surface area contributed by atoms with E-state index in [-0.39, 0.29) is 0 Å². The quantitative estimate of drug-likeness (QED) is 0.257. The second-order valence-electron chi connectivity index (χ2n) is 7.05. The molecule has 1 saturated heterocycles. The molecule has 1 nitrogen and oxygen atoms in total. The van der Waals surface area contributed by atoms with Crippen LogP contribution in [0.15, 0.2) is 36.4 Å². The summed E-state index contributed by atoms with van der Waals surface area (Å²) < 4.78 is 1.16. The zero-order valence-electron chi connectivity index (χ0n) is 14.9. The van der Waals surface area contributed by atoms with Gasteiger partial charge in [-0.05, 0) is 48.3 Å². The summed E-state index contributed by atoms with van der Waals surface area (Å²) in [4.78, 5) is 0. The molecule has 24 heavy (non-hydrogen) atoms. The summed E-state index contributed by atoms with van der Waals surface area (Å²) >= 11 is 12.4. The third-order valence-electron chi connectivity index (χ3n) is 4.99. The van der Waals surface area contributed by atoms with Crippen molar-refractivity contribution in [1.82, 2.24) is 0 Å². The Balaban J connectivity index is 2.22. The van der Waals surface area contributed by atoms with E-state index in [2.05, 4.69) is 25.7 Å². The highest BCUT2D eigenvalue weighted by atomic mass is 35.5. The number of nitrogens with zero attached hydrogens (tertiary/aromatic N) is 1. The van der Waals surface area contributed by atoms with Gasteiger partial charge in [0.25, 0.3) is 0 Å². The molecule has 1 heterocycles. The van der Waals surface area contributed by atoms with E-state index in [0.29, 0.717) is 5.02 Å². The Morgan fingerprint density at radius 3 is 2.58 bits per heavy atom. The van der Waals surface area contributed by atoms with Crippen molar-refractivity contribution in [3.8, 4) is 0 Å². The highest BCUT2D eigenvalue weighted by molar-refractivity contribution is 6.35. The summed E-state index contributed by atoms with van der Waals surface area (Å²) in [5, 5.41) is 1.44. The van der Waals surface area contributed by atoms with Crippen molar-refractivity contribution >= 4 is 29.3 Å². The average molecular weight is 367 g/mol. The van der Waals surface area contributed by atoms with E-state index in [1.807, 2.05) is 18.2 Å². The van der Waals surface area contributed by atoms with Crippen LogP contribution in [0.3, 0.4) is 0 Å². The Morgan fingerprint density at radius 2 is 1.96 bits per heavy atom. The van der Waals surface area contributed by atoms with E-state index in [0.717, 1.165) is 34.6 Å². The molecule has 1 aliphatic rings. The summed E-state index contributed by atoms with van der Waals surface area (Å²) in [6.45, 7) is 11.0. The van der Waals surface area contributed by atoms with Crippen molar-refractivity contribution in [2.45, 2.75) is 45.4 Å². The minimum atomic E-state index is 0.694. The fourth-order valence-electron chi connectivity index (χ4n) is 3.75. The van der Waals surface area contributed by atoms with Crippen LogP contribution in [0.4, 0.5) is 0 Å². The van der Waals surface area contributed by atoms with Gasteiger partial charge in [-0.1, -0.05) is 55.6 Å². The minimum absolute atomic E-state index is 0.694. The first-order valence-electron chi connectivity index (χ1n) is 9.19. The molecule has 3 heteroatoms. The molecule has 0 unspecified atom stereocenters. The Labute approximate surface area is 157 Å². The number of benzene rings is 1. The maximum atomic E-state index is 6.40. The topological polar surface area (TPSA) is 0 Å². The SMILES string of the molecule is C=CC[N+]1(CC(=Cc2ccc(Cl)cc2Cl)CCCCC)CCCC1. The monoisotopic (exact) mass is 366 g/mol. The largest absolute Gasteiger partial charge is 0.317 e. The van der Waals surface area contributed by atoms with Gasteiger partial charge in [0.05, 0.1) is 19.6 Å². The highest BCUT2D eigenvalue weighted by Gasteiger charge is 2.31. The molecule has 0 bridgehead atoms. The normalized spacial score (nSPS) is 17.2. The van der Waals surface area contributed by atoms with Crippen molar-refractivity contribution in [1.29, 1.82) is 0 Å². The van der Waals surface area contributed by atoms with E-state index in [1.54, 1.807) is 0 Å². The van der Waals surface area contributed by atoms with E-state index < -0.39 is 0 Å². The smallest absolute Gasteiger partial charge is 0.101 e. The second-order valence-corrected chi connectivity index (χ2v) is 7.89. The predicted molar refractivity (Wildman–Crippen MR) is 108 cm³/mol. The van der Waals surface area contributed by atoms with Crippen LogP contribution in [0, 0.1) is 0 Å². The molecule has 1 aliphatic heterocycles. The van der Waals surface area contributed by atoms with Crippen molar-refractivity contribution in [3.63, 3.8) is 0 Å². The van der Waals surface area contributed by atoms with Crippen LogP contribution in [0.25, 0.3) is 6.08 Å². The lowest BCUT2D eigenvalue weighted by molar-refractivity contribution is -0.906. The molecule has 0 aromatic heterocycles. The van der Waals surface area contributed by atoms with Gasteiger partial charge in [0.15, 0.2) is 0 Å². The van der Waals surface area contributed by atoms with Crippen LogP contribution in [0.1, 0.15) is 51.0 Å². The molecule has 2 rings (SSSR count). The summed E-state index contributed by atoms with van der Waals surface area (Å²) in [7, 11) is 0. The Bertz CT molecular complexity index is 571. The molecular formula is C21H30Cl2N+. The van der Waals surface area contributed by atoms with Gasteiger partial charge in [0, 0.05) is 22.9 Å². The Kier molecular flexibility index (Phi) is 7.87. The summed E-state index contributed by atoms with van der Waals surface area (Å²) in [5.74, 6) is 0. The van der Waals surface area contributed by atoms with Gasteiger partial charge < -0.3 is 4.48 Å². The summed E-state index contributed by atoms with van der Waals surface area (Å²) in [6, 6.07) is 5.79. The van der Waals surface area contributed by atoms with Crippen molar-refractivity contribution in [2.24, 2.45) is 0 Å². The van der Waals surface area contributed by atoms with Gasteiger partial charge >= 0.3 is 0 Å². The molecule has 0 atom stereocenters. The van der Waals surface area contributed by atoms with Gasteiger partial charge in [-0.25, -0.2) is 0 Å². The maximum absolute atomic E-state index is 6.40. The van der Waals surface area contributed by atoms with E-state index in [9.17, 15) is 0 Å². The fourth-order valence-corrected chi connectivity index (χ4v) is 4.22. The van der Waals surface area contributed by atoms with Crippen LogP contribution < -0.4 is 0 Å². The molecule has 0 amide bonds. The number of quaternary nitrogens is 1. The first-order chi connectivity index (χ1) is 11.6. The number of likely N-dealkylation sites (tertiary alicyclic amines) is 1. The molecule has 0 saturated carbocycles. The van der Waals surface area contributed by atoms with Gasteiger partial charge in [-0.3, -0.25) is 0 Å². The molecule has 1 fully saturated rings. The minimum Gasteiger partial charge on any atom is -0.317 e. The molecule has 1 aromatic rings. The van der Waals surface area contributed by atoms with Crippen LogP contribution >= 0.6 is 23.2 Å². The van der Waals surface area contributed by atoms with E-state index in [4.69, 9.17) is 23.2 Å². The molecule has 0 radical (unpaired) electrons. The molecule has 0 spiro atoms. The zero-order valence-corrected chi connectivity index (χ0v) is 16.4. The number of hydrogen-bond acceptors (Lipinski definition) is 0. The van der Waals surface area contributed by atoms with Crippen LogP contribution in [-0.4, -0.2) is 30.7 Å². The molecular weight excluding hydrogens is 337 g/mol. The van der Waals surface area contributed by atoms with Crippen LogP contribution in [0.2, 0.25) is 10.0 Å². The molecule has 132 valence electrons. The van der Waals surface area contributed by atoms with Gasteiger partial charge in [-0.15, -0.1) is 0 Å². The fraction of sp³-hybridized carbons (Fsp3) is 0.524.